The van der Waals surface area contributed by atoms with Gasteiger partial charge in [0.15, 0.2) is 0 Å². The van der Waals surface area contributed by atoms with E-state index in [-0.39, 0.29) is 5.69 Å². The molecule has 9 aromatic rings. The molecular weight excluding hydrogens is 604 g/mol. The quantitative estimate of drug-likeness (QED) is 0.191. The van der Waals surface area contributed by atoms with Crippen LogP contribution >= 0.6 is 0 Å². The van der Waals surface area contributed by atoms with Gasteiger partial charge in [-0.1, -0.05) is 115 Å². The molecule has 6 aromatic carbocycles. The molecule has 0 aliphatic heterocycles. The molecule has 0 saturated heterocycles. The Morgan fingerprint density at radius 1 is 0.571 bits per heavy atom. The number of H-pyrrole nitrogens is 1. The van der Waals surface area contributed by atoms with Crippen LogP contribution in [0, 0.1) is 0 Å². The molecule has 9 rings (SSSR count). The van der Waals surface area contributed by atoms with Crippen LogP contribution in [0.25, 0.3) is 83.4 Å². The summed E-state index contributed by atoms with van der Waals surface area (Å²) in [5.74, 6) is -0.317. The van der Waals surface area contributed by atoms with Crippen LogP contribution in [0.3, 0.4) is 0 Å². The fourth-order valence-electron chi connectivity index (χ4n) is 6.84. The van der Waals surface area contributed by atoms with Gasteiger partial charge < -0.3 is 10.1 Å². The predicted octanol–water partition coefficient (Wildman–Crippen LogP) is 10.4. The molecule has 0 bridgehead atoms. The number of aromatic carboxylic acids is 1. The second-order valence-electron chi connectivity index (χ2n) is 12.1. The normalized spacial score (nSPS) is 11.4. The molecule has 0 unspecified atom stereocenters. The largest absolute Gasteiger partial charge is 0.477 e. The molecule has 0 fully saturated rings. The lowest BCUT2D eigenvalue weighted by Gasteiger charge is -2.13. The lowest BCUT2D eigenvalue weighted by molar-refractivity contribution is 0.0690. The maximum absolute atomic E-state index is 12.3. The van der Waals surface area contributed by atoms with Gasteiger partial charge in [-0.15, -0.1) is 0 Å². The summed E-state index contributed by atoms with van der Waals surface area (Å²) in [6.07, 6.45) is 0. The van der Waals surface area contributed by atoms with Crippen LogP contribution in [-0.4, -0.2) is 30.6 Å². The van der Waals surface area contributed by atoms with Gasteiger partial charge in [0.05, 0.1) is 22.2 Å². The van der Waals surface area contributed by atoms with Gasteiger partial charge in [-0.05, 0) is 64.7 Å². The number of carboxylic acid groups (broad SMARTS) is 1. The zero-order valence-corrected chi connectivity index (χ0v) is 26.2. The van der Waals surface area contributed by atoms with Gasteiger partial charge in [0.2, 0.25) is 0 Å². The number of carbonyl (C=O) groups is 1. The van der Waals surface area contributed by atoms with Crippen molar-refractivity contribution in [1.29, 1.82) is 0 Å². The number of imidazole rings is 1. The summed E-state index contributed by atoms with van der Waals surface area (Å²) in [5.41, 5.74) is 10.8. The van der Waals surface area contributed by atoms with Crippen molar-refractivity contribution in [1.82, 2.24) is 19.5 Å². The maximum atomic E-state index is 12.3. The average molecular weight is 633 g/mol. The van der Waals surface area contributed by atoms with Crippen LogP contribution in [0.2, 0.25) is 0 Å². The molecule has 6 heteroatoms. The van der Waals surface area contributed by atoms with Crippen LogP contribution < -0.4 is 0 Å². The Balaban J connectivity index is 1.34. The molecule has 0 radical (unpaired) electrons. The number of benzene rings is 6. The van der Waals surface area contributed by atoms with Crippen molar-refractivity contribution in [2.24, 2.45) is 0 Å². The van der Waals surface area contributed by atoms with Gasteiger partial charge >= 0.3 is 5.97 Å². The standard InChI is InChI=1S/C43H28N4O2/c48-43(49)38-26-30(28-14-5-2-6-15-28)25-37(44-38)34-20-11-23-39-41(34)46-42(35-21-10-19-33-32-18-7-8-22-36(32)45-40(33)35)47(39)31-17-9-16-29(24-31)27-12-3-1-4-13-27/h1-26,45H,(H,48,49). The number of nitrogens with zero attached hydrogens (tertiary/aromatic N) is 3. The van der Waals surface area contributed by atoms with E-state index in [1.807, 2.05) is 72.8 Å². The number of para-hydroxylation sites is 3. The highest BCUT2D eigenvalue weighted by Crippen LogP contribution is 2.39. The summed E-state index contributed by atoms with van der Waals surface area (Å²) < 4.78 is 2.20. The number of rotatable bonds is 6. The number of fused-ring (bicyclic) bond motifs is 4. The van der Waals surface area contributed by atoms with Gasteiger partial charge in [0.1, 0.15) is 11.5 Å². The first-order valence-corrected chi connectivity index (χ1v) is 16.1. The molecule has 232 valence electrons. The van der Waals surface area contributed by atoms with E-state index in [9.17, 15) is 9.90 Å². The number of aromatic amines is 1. The first-order valence-electron chi connectivity index (χ1n) is 16.1. The number of aromatic nitrogens is 4. The Hall–Kier alpha value is -6.79. The lowest BCUT2D eigenvalue weighted by Crippen LogP contribution is -2.02. The zero-order valence-electron chi connectivity index (χ0n) is 26.2. The first-order chi connectivity index (χ1) is 24.1. The third-order valence-electron chi connectivity index (χ3n) is 9.11. The molecule has 0 atom stereocenters. The molecule has 49 heavy (non-hydrogen) atoms. The Morgan fingerprint density at radius 2 is 1.22 bits per heavy atom. The first kappa shape index (κ1) is 28.4. The maximum Gasteiger partial charge on any atom is 0.354 e. The highest BCUT2D eigenvalue weighted by atomic mass is 16.4. The fraction of sp³-hybridized carbons (Fsp3) is 0. The summed E-state index contributed by atoms with van der Waals surface area (Å²) in [4.78, 5) is 26.0. The van der Waals surface area contributed by atoms with E-state index in [2.05, 4.69) is 93.4 Å². The van der Waals surface area contributed by atoms with E-state index in [0.717, 1.165) is 77.7 Å². The lowest BCUT2D eigenvalue weighted by atomic mass is 10.0. The Kier molecular flexibility index (Phi) is 6.66. The van der Waals surface area contributed by atoms with E-state index in [1.165, 1.54) is 0 Å². The highest BCUT2D eigenvalue weighted by molar-refractivity contribution is 6.12. The van der Waals surface area contributed by atoms with Gasteiger partial charge in [-0.2, -0.15) is 0 Å². The minimum Gasteiger partial charge on any atom is -0.477 e. The second kappa shape index (κ2) is 11.5. The topological polar surface area (TPSA) is 83.8 Å². The summed E-state index contributed by atoms with van der Waals surface area (Å²) in [5, 5.41) is 12.3. The van der Waals surface area contributed by atoms with E-state index >= 15 is 0 Å². The minimum atomic E-state index is -1.08. The third-order valence-corrected chi connectivity index (χ3v) is 9.11. The van der Waals surface area contributed by atoms with Crippen LogP contribution in [0.1, 0.15) is 10.5 Å². The minimum absolute atomic E-state index is 0.0218. The van der Waals surface area contributed by atoms with Crippen LogP contribution in [0.5, 0.6) is 0 Å². The van der Waals surface area contributed by atoms with Gasteiger partial charge in [-0.25, -0.2) is 14.8 Å². The smallest absolute Gasteiger partial charge is 0.354 e. The van der Waals surface area contributed by atoms with E-state index in [4.69, 9.17) is 4.98 Å². The third kappa shape index (κ3) is 4.86. The number of hydrogen-bond acceptors (Lipinski definition) is 3. The number of hydrogen-bond donors (Lipinski definition) is 2. The number of nitrogens with one attached hydrogen (secondary N) is 1. The summed E-state index contributed by atoms with van der Waals surface area (Å²) in [6.45, 7) is 0. The molecule has 0 amide bonds. The summed E-state index contributed by atoms with van der Waals surface area (Å²) in [7, 11) is 0. The second-order valence-corrected chi connectivity index (χ2v) is 12.1. The molecular formula is C43H28N4O2. The van der Waals surface area contributed by atoms with Crippen molar-refractivity contribution in [3.05, 3.63) is 163 Å². The molecule has 0 spiro atoms. The molecule has 0 aliphatic carbocycles. The SMILES string of the molecule is O=C(O)c1cc(-c2ccccc2)cc(-c2cccc3c2nc(-c2cccc4c2[nH]c2ccccc24)n3-c2cccc(-c3ccccc3)c2)n1. The van der Waals surface area contributed by atoms with Gasteiger partial charge in [-0.3, -0.25) is 4.57 Å². The Labute approximate surface area is 281 Å². The molecule has 0 saturated carbocycles. The van der Waals surface area contributed by atoms with Gasteiger partial charge in [0.25, 0.3) is 0 Å². The monoisotopic (exact) mass is 632 g/mol. The van der Waals surface area contributed by atoms with Crippen molar-refractivity contribution in [3.8, 4) is 50.6 Å². The van der Waals surface area contributed by atoms with E-state index in [1.54, 1.807) is 6.07 Å². The summed E-state index contributed by atoms with van der Waals surface area (Å²) in [6, 6.07) is 52.8. The van der Waals surface area contributed by atoms with Crippen LogP contribution in [-0.2, 0) is 0 Å². The van der Waals surface area contributed by atoms with Crippen molar-refractivity contribution >= 4 is 38.8 Å². The van der Waals surface area contributed by atoms with Crippen molar-refractivity contribution in [2.75, 3.05) is 0 Å². The van der Waals surface area contributed by atoms with E-state index < -0.39 is 5.97 Å². The van der Waals surface area contributed by atoms with Crippen LogP contribution in [0.15, 0.2) is 158 Å². The number of pyridine rings is 1. The average Bonchev–Trinajstić information content (AvgIpc) is 3.74. The van der Waals surface area contributed by atoms with Crippen molar-refractivity contribution < 1.29 is 9.90 Å². The Morgan fingerprint density at radius 3 is 2.02 bits per heavy atom. The number of carboxylic acids is 1. The van der Waals surface area contributed by atoms with E-state index in [0.29, 0.717) is 5.69 Å². The van der Waals surface area contributed by atoms with Crippen LogP contribution in [0.4, 0.5) is 0 Å². The summed E-state index contributed by atoms with van der Waals surface area (Å²) >= 11 is 0. The highest BCUT2D eigenvalue weighted by Gasteiger charge is 2.22. The molecule has 3 heterocycles. The molecule has 3 aromatic heterocycles. The predicted molar refractivity (Wildman–Crippen MR) is 197 cm³/mol. The molecule has 6 nitrogen and oxygen atoms in total. The van der Waals surface area contributed by atoms with Crippen molar-refractivity contribution in [3.63, 3.8) is 0 Å². The fourth-order valence-corrected chi connectivity index (χ4v) is 6.84. The van der Waals surface area contributed by atoms with Gasteiger partial charge in [0, 0.05) is 33.1 Å². The Bertz CT molecular complexity index is 2690. The van der Waals surface area contributed by atoms with Crippen molar-refractivity contribution in [2.45, 2.75) is 0 Å². The molecule has 2 N–H and O–H groups in total. The molecule has 0 aliphatic rings. The zero-order chi connectivity index (χ0) is 32.9.